The predicted molar refractivity (Wildman–Crippen MR) is 74.7 cm³/mol. The molecule has 0 aliphatic carbocycles. The lowest BCUT2D eigenvalue weighted by Crippen LogP contribution is -2.22. The van der Waals surface area contributed by atoms with Gasteiger partial charge in [0, 0.05) is 16.6 Å². The third-order valence-electron chi connectivity index (χ3n) is 3.06. The van der Waals surface area contributed by atoms with Gasteiger partial charge in [0.15, 0.2) is 0 Å². The van der Waals surface area contributed by atoms with Crippen molar-refractivity contribution in [2.75, 3.05) is 13.1 Å². The highest BCUT2D eigenvalue weighted by Gasteiger charge is 2.22. The van der Waals surface area contributed by atoms with Crippen LogP contribution in [-0.4, -0.2) is 19.2 Å². The van der Waals surface area contributed by atoms with Gasteiger partial charge in [-0.2, -0.15) is 0 Å². The molecule has 0 saturated carbocycles. The van der Waals surface area contributed by atoms with Crippen LogP contribution < -0.4 is 10.1 Å². The molecule has 1 heterocycles. The molecule has 0 radical (unpaired) electrons. The molecule has 1 aliphatic heterocycles. The Kier molecular flexibility index (Phi) is 3.79. The summed E-state index contributed by atoms with van der Waals surface area (Å²) in [5, 5.41) is 3.33. The number of rotatable bonds is 2. The fourth-order valence-corrected chi connectivity index (χ4v) is 2.46. The largest absolute Gasteiger partial charge is 0.489 e. The zero-order valence-electron chi connectivity index (χ0n) is 10.7. The first-order valence-electron chi connectivity index (χ1n) is 6.14. The van der Waals surface area contributed by atoms with E-state index in [2.05, 4.69) is 54.2 Å². The van der Waals surface area contributed by atoms with Crippen LogP contribution in [0.25, 0.3) is 0 Å². The number of hydrogen-bond acceptors (Lipinski definition) is 2. The van der Waals surface area contributed by atoms with Crippen molar-refractivity contribution in [3.63, 3.8) is 0 Å². The van der Waals surface area contributed by atoms with E-state index in [1.807, 2.05) is 6.07 Å². The zero-order valence-corrected chi connectivity index (χ0v) is 12.3. The second-order valence-corrected chi connectivity index (χ2v) is 6.54. The minimum absolute atomic E-state index is 0.102. The maximum Gasteiger partial charge on any atom is 0.123 e. The smallest absolute Gasteiger partial charge is 0.123 e. The van der Waals surface area contributed by atoms with Crippen molar-refractivity contribution < 1.29 is 4.74 Å². The van der Waals surface area contributed by atoms with Crippen molar-refractivity contribution in [2.45, 2.75) is 38.7 Å². The van der Waals surface area contributed by atoms with Crippen molar-refractivity contribution >= 4 is 15.9 Å². The number of halogens is 1. The highest BCUT2D eigenvalue weighted by atomic mass is 79.9. The topological polar surface area (TPSA) is 21.3 Å². The Morgan fingerprint density at radius 2 is 2.12 bits per heavy atom. The average molecular weight is 298 g/mol. The molecular weight excluding hydrogens is 278 g/mol. The lowest BCUT2D eigenvalue weighted by Gasteiger charge is -2.25. The third kappa shape index (κ3) is 3.23. The molecule has 0 unspecified atom stereocenters. The van der Waals surface area contributed by atoms with Crippen LogP contribution in [0.15, 0.2) is 22.7 Å². The van der Waals surface area contributed by atoms with Gasteiger partial charge in [0.05, 0.1) is 0 Å². The van der Waals surface area contributed by atoms with E-state index >= 15 is 0 Å². The summed E-state index contributed by atoms with van der Waals surface area (Å²) in [4.78, 5) is 0. The third-order valence-corrected chi connectivity index (χ3v) is 3.55. The van der Waals surface area contributed by atoms with E-state index in [1.165, 1.54) is 5.56 Å². The second-order valence-electron chi connectivity index (χ2n) is 5.62. The van der Waals surface area contributed by atoms with Gasteiger partial charge in [-0.25, -0.2) is 0 Å². The van der Waals surface area contributed by atoms with Gasteiger partial charge in [0.25, 0.3) is 0 Å². The summed E-state index contributed by atoms with van der Waals surface area (Å²) in [6, 6.07) is 6.29. The molecule has 1 fully saturated rings. The van der Waals surface area contributed by atoms with Gasteiger partial charge in [-0.3, -0.25) is 0 Å². The first kappa shape index (κ1) is 12.9. The first-order chi connectivity index (χ1) is 7.97. The normalized spacial score (nSPS) is 20.6. The molecule has 1 aromatic carbocycles. The van der Waals surface area contributed by atoms with Crippen molar-refractivity contribution in [3.05, 3.63) is 28.2 Å². The van der Waals surface area contributed by atoms with Crippen molar-refractivity contribution in [3.8, 4) is 5.75 Å². The number of nitrogens with one attached hydrogen (secondary N) is 1. The Morgan fingerprint density at radius 3 is 2.71 bits per heavy atom. The minimum atomic E-state index is 0.102. The molecule has 94 valence electrons. The van der Waals surface area contributed by atoms with E-state index in [1.54, 1.807) is 0 Å². The molecule has 1 saturated heterocycles. The lowest BCUT2D eigenvalue weighted by molar-refractivity contribution is 0.218. The van der Waals surface area contributed by atoms with Crippen LogP contribution in [0.1, 0.15) is 32.8 Å². The molecule has 0 spiro atoms. The van der Waals surface area contributed by atoms with E-state index in [0.717, 1.165) is 29.7 Å². The molecule has 0 amide bonds. The van der Waals surface area contributed by atoms with Crippen LogP contribution in [0.2, 0.25) is 0 Å². The Balaban J connectivity index is 2.25. The minimum Gasteiger partial charge on any atom is -0.489 e. The van der Waals surface area contributed by atoms with Crippen LogP contribution in [0.3, 0.4) is 0 Å². The van der Waals surface area contributed by atoms with Crippen molar-refractivity contribution in [1.82, 2.24) is 5.32 Å². The van der Waals surface area contributed by atoms with Crippen LogP contribution in [0, 0.1) is 0 Å². The Bertz CT molecular complexity index is 392. The van der Waals surface area contributed by atoms with Crippen LogP contribution >= 0.6 is 15.9 Å². The maximum absolute atomic E-state index is 6.10. The fraction of sp³-hybridized carbons (Fsp3) is 0.571. The molecular formula is C14H20BrNO. The highest BCUT2D eigenvalue weighted by Crippen LogP contribution is 2.34. The molecule has 17 heavy (non-hydrogen) atoms. The monoisotopic (exact) mass is 297 g/mol. The molecule has 2 rings (SSSR count). The summed E-state index contributed by atoms with van der Waals surface area (Å²) in [5.74, 6) is 1.02. The molecule has 1 aliphatic rings. The van der Waals surface area contributed by atoms with Crippen LogP contribution in [0.5, 0.6) is 5.75 Å². The molecule has 3 heteroatoms. The summed E-state index contributed by atoms with van der Waals surface area (Å²) < 4.78 is 7.22. The van der Waals surface area contributed by atoms with E-state index in [0.29, 0.717) is 6.10 Å². The summed E-state index contributed by atoms with van der Waals surface area (Å²) in [6.07, 6.45) is 1.41. The number of ether oxygens (including phenoxy) is 1. The van der Waals surface area contributed by atoms with E-state index in [-0.39, 0.29) is 5.41 Å². The van der Waals surface area contributed by atoms with Gasteiger partial charge in [-0.15, -0.1) is 0 Å². The highest BCUT2D eigenvalue weighted by molar-refractivity contribution is 9.10. The van der Waals surface area contributed by atoms with Gasteiger partial charge < -0.3 is 10.1 Å². The zero-order chi connectivity index (χ0) is 12.5. The van der Waals surface area contributed by atoms with E-state index in [9.17, 15) is 0 Å². The van der Waals surface area contributed by atoms with Gasteiger partial charge in [-0.05, 0) is 36.6 Å². The quantitative estimate of drug-likeness (QED) is 0.902. The van der Waals surface area contributed by atoms with Gasteiger partial charge >= 0.3 is 0 Å². The van der Waals surface area contributed by atoms with Crippen molar-refractivity contribution in [2.24, 2.45) is 0 Å². The van der Waals surface area contributed by atoms with Crippen molar-refractivity contribution in [1.29, 1.82) is 0 Å². The second kappa shape index (κ2) is 4.99. The molecule has 2 nitrogen and oxygen atoms in total. The molecule has 0 bridgehead atoms. The molecule has 1 aromatic rings. The van der Waals surface area contributed by atoms with E-state index in [4.69, 9.17) is 4.74 Å². The predicted octanol–water partition coefficient (Wildman–Crippen LogP) is 3.49. The summed E-state index contributed by atoms with van der Waals surface area (Å²) >= 11 is 3.53. The Hall–Kier alpha value is -0.540. The lowest BCUT2D eigenvalue weighted by atomic mass is 9.86. The van der Waals surface area contributed by atoms with Gasteiger partial charge in [-0.1, -0.05) is 36.7 Å². The first-order valence-corrected chi connectivity index (χ1v) is 6.93. The summed E-state index contributed by atoms with van der Waals surface area (Å²) in [7, 11) is 0. The molecule has 1 N–H and O–H groups in total. The standard InChI is InChI=1S/C14H20BrNO/c1-14(2,3)12-8-10(15)4-5-13(12)17-11-6-7-16-9-11/h4-5,8,11,16H,6-7,9H2,1-3H3/t11-/m1/s1. The van der Waals surface area contributed by atoms with Gasteiger partial charge in [0.2, 0.25) is 0 Å². The average Bonchev–Trinajstić information content (AvgIpc) is 2.72. The van der Waals surface area contributed by atoms with Crippen LogP contribution in [0.4, 0.5) is 0 Å². The van der Waals surface area contributed by atoms with Gasteiger partial charge in [0.1, 0.15) is 11.9 Å². The van der Waals surface area contributed by atoms with Crippen LogP contribution in [-0.2, 0) is 5.41 Å². The molecule has 0 aromatic heterocycles. The molecule has 1 atom stereocenters. The maximum atomic E-state index is 6.10. The number of benzene rings is 1. The summed E-state index contributed by atoms with van der Waals surface area (Å²) in [6.45, 7) is 8.67. The Labute approximate surface area is 112 Å². The SMILES string of the molecule is CC(C)(C)c1cc(Br)ccc1O[C@@H]1CCNC1. The summed E-state index contributed by atoms with van der Waals surface area (Å²) in [5.41, 5.74) is 1.37. The Morgan fingerprint density at radius 1 is 1.35 bits per heavy atom. The van der Waals surface area contributed by atoms with E-state index < -0.39 is 0 Å². The fourth-order valence-electron chi connectivity index (χ4n) is 2.10. The number of hydrogen-bond donors (Lipinski definition) is 1.